The van der Waals surface area contributed by atoms with Crippen LogP contribution >= 0.6 is 0 Å². The van der Waals surface area contributed by atoms with Crippen LogP contribution in [0.1, 0.15) is 12.8 Å². The maximum Gasteiger partial charge on any atom is 0.253 e. The first kappa shape index (κ1) is 10.4. The molecule has 6 heteroatoms. The summed E-state index contributed by atoms with van der Waals surface area (Å²) in [7, 11) is -3.09. The van der Waals surface area contributed by atoms with Crippen molar-refractivity contribution in [1.82, 2.24) is 4.90 Å². The third kappa shape index (κ3) is 1.94. The third-order valence-corrected chi connectivity index (χ3v) is 4.45. The van der Waals surface area contributed by atoms with E-state index in [4.69, 9.17) is 0 Å². The summed E-state index contributed by atoms with van der Waals surface area (Å²) in [4.78, 5) is 23.7. The molecule has 2 amide bonds. The average molecular weight is 229 g/mol. The highest BCUT2D eigenvalue weighted by Gasteiger charge is 2.36. The molecule has 0 radical (unpaired) electrons. The minimum absolute atomic E-state index is 0.0911. The zero-order valence-corrected chi connectivity index (χ0v) is 8.87. The number of hydrogen-bond donors (Lipinski definition) is 0. The third-order valence-electron chi connectivity index (χ3n) is 2.65. The van der Waals surface area contributed by atoms with E-state index in [1.165, 1.54) is 12.2 Å². The molecular formula is C9H11NO4S. The number of nitrogens with zero attached hydrogens (tertiary/aromatic N) is 1. The van der Waals surface area contributed by atoms with Crippen molar-refractivity contribution >= 4 is 21.7 Å². The van der Waals surface area contributed by atoms with E-state index in [1.807, 2.05) is 0 Å². The van der Waals surface area contributed by atoms with Gasteiger partial charge in [0.2, 0.25) is 0 Å². The number of rotatable bonds is 1. The van der Waals surface area contributed by atoms with Crippen LogP contribution in [0, 0.1) is 0 Å². The predicted molar refractivity (Wildman–Crippen MR) is 52.7 cm³/mol. The van der Waals surface area contributed by atoms with Crippen LogP contribution in [-0.4, -0.2) is 42.7 Å². The largest absolute Gasteiger partial charge is 0.271 e. The van der Waals surface area contributed by atoms with E-state index < -0.39 is 27.7 Å². The minimum atomic E-state index is -3.09. The van der Waals surface area contributed by atoms with E-state index in [9.17, 15) is 18.0 Å². The summed E-state index contributed by atoms with van der Waals surface area (Å²) in [6, 6.07) is -0.473. The second kappa shape index (κ2) is 3.44. The Labute approximate surface area is 87.7 Å². The summed E-state index contributed by atoms with van der Waals surface area (Å²) in [5.74, 6) is -0.733. The first-order valence-electron chi connectivity index (χ1n) is 4.75. The number of hydrogen-bond acceptors (Lipinski definition) is 4. The predicted octanol–water partition coefficient (Wildman–Crippen LogP) is -0.511. The SMILES string of the molecule is O=C1C=CC(=O)N1C1CCCS(=O)(=O)C1. The molecule has 1 saturated heterocycles. The van der Waals surface area contributed by atoms with E-state index in [-0.39, 0.29) is 11.5 Å². The van der Waals surface area contributed by atoms with Crippen LogP contribution in [0.25, 0.3) is 0 Å². The van der Waals surface area contributed by atoms with Gasteiger partial charge in [0.1, 0.15) is 0 Å². The molecule has 1 fully saturated rings. The molecule has 82 valence electrons. The molecule has 5 nitrogen and oxygen atoms in total. The Morgan fingerprint density at radius 2 is 1.80 bits per heavy atom. The fraction of sp³-hybridized carbons (Fsp3) is 0.556. The standard InChI is InChI=1S/C9H11NO4S/c11-8-3-4-9(12)10(8)7-2-1-5-15(13,14)6-7/h3-4,7H,1-2,5-6H2. The number of carbonyl (C=O) groups is 2. The highest BCUT2D eigenvalue weighted by Crippen LogP contribution is 2.20. The van der Waals surface area contributed by atoms with Crippen LogP contribution in [0.5, 0.6) is 0 Å². The highest BCUT2D eigenvalue weighted by atomic mass is 32.2. The van der Waals surface area contributed by atoms with Gasteiger partial charge >= 0.3 is 0 Å². The topological polar surface area (TPSA) is 71.5 Å². The average Bonchev–Trinajstić information content (AvgIpc) is 2.44. The molecule has 0 aliphatic carbocycles. The lowest BCUT2D eigenvalue weighted by atomic mass is 10.1. The normalized spacial score (nSPS) is 29.9. The van der Waals surface area contributed by atoms with Gasteiger partial charge in [-0.15, -0.1) is 0 Å². The number of sulfone groups is 1. The summed E-state index contributed by atoms with van der Waals surface area (Å²) in [5.41, 5.74) is 0. The molecule has 1 atom stereocenters. The summed E-state index contributed by atoms with van der Waals surface area (Å²) >= 11 is 0. The van der Waals surface area contributed by atoms with E-state index in [0.29, 0.717) is 12.8 Å². The van der Waals surface area contributed by atoms with E-state index in [1.54, 1.807) is 0 Å². The van der Waals surface area contributed by atoms with Gasteiger partial charge in [-0.2, -0.15) is 0 Å². The second-order valence-corrected chi connectivity index (χ2v) is 6.02. The quantitative estimate of drug-likeness (QED) is 0.568. The molecule has 0 aromatic carbocycles. The van der Waals surface area contributed by atoms with Crippen molar-refractivity contribution in [2.24, 2.45) is 0 Å². The van der Waals surface area contributed by atoms with Gasteiger partial charge in [0.15, 0.2) is 9.84 Å². The molecule has 2 rings (SSSR count). The van der Waals surface area contributed by atoms with Crippen molar-refractivity contribution in [2.45, 2.75) is 18.9 Å². The molecular weight excluding hydrogens is 218 g/mol. The number of imide groups is 1. The zero-order valence-electron chi connectivity index (χ0n) is 8.05. The molecule has 0 spiro atoms. The van der Waals surface area contributed by atoms with Crippen molar-refractivity contribution in [1.29, 1.82) is 0 Å². The maximum atomic E-state index is 11.4. The second-order valence-electron chi connectivity index (χ2n) is 3.79. The lowest BCUT2D eigenvalue weighted by molar-refractivity contribution is -0.139. The summed E-state index contributed by atoms with van der Waals surface area (Å²) < 4.78 is 22.7. The maximum absolute atomic E-state index is 11.4. The van der Waals surface area contributed by atoms with Crippen LogP contribution in [0.4, 0.5) is 0 Å². The smallest absolute Gasteiger partial charge is 0.253 e. The van der Waals surface area contributed by atoms with Gasteiger partial charge in [-0.3, -0.25) is 14.5 Å². The Hall–Kier alpha value is -1.17. The molecule has 2 aliphatic rings. The summed E-state index contributed by atoms with van der Waals surface area (Å²) in [6.07, 6.45) is 3.47. The molecule has 1 unspecified atom stereocenters. The first-order chi connectivity index (χ1) is 6.99. The van der Waals surface area contributed by atoms with Crippen molar-refractivity contribution in [3.05, 3.63) is 12.2 Å². The minimum Gasteiger partial charge on any atom is -0.271 e. The fourth-order valence-corrected chi connectivity index (χ4v) is 3.65. The van der Waals surface area contributed by atoms with Crippen LogP contribution < -0.4 is 0 Å². The van der Waals surface area contributed by atoms with Crippen molar-refractivity contribution in [3.63, 3.8) is 0 Å². The monoisotopic (exact) mass is 229 g/mol. The molecule has 2 aliphatic heterocycles. The molecule has 0 bridgehead atoms. The van der Waals surface area contributed by atoms with Gasteiger partial charge in [0.25, 0.3) is 11.8 Å². The van der Waals surface area contributed by atoms with Gasteiger partial charge in [-0.25, -0.2) is 8.42 Å². The fourth-order valence-electron chi connectivity index (χ4n) is 1.97. The van der Waals surface area contributed by atoms with Crippen molar-refractivity contribution < 1.29 is 18.0 Å². The van der Waals surface area contributed by atoms with Gasteiger partial charge in [-0.1, -0.05) is 0 Å². The van der Waals surface area contributed by atoms with E-state index >= 15 is 0 Å². The Morgan fingerprint density at radius 1 is 1.20 bits per heavy atom. The molecule has 2 heterocycles. The van der Waals surface area contributed by atoms with Gasteiger partial charge < -0.3 is 0 Å². The van der Waals surface area contributed by atoms with Crippen LogP contribution in [0.15, 0.2) is 12.2 Å². The molecule has 0 saturated carbocycles. The lowest BCUT2D eigenvalue weighted by Crippen LogP contribution is -2.46. The molecule has 15 heavy (non-hydrogen) atoms. The van der Waals surface area contributed by atoms with E-state index in [0.717, 1.165) is 4.90 Å². The molecule has 0 aromatic heterocycles. The van der Waals surface area contributed by atoms with Gasteiger partial charge in [0.05, 0.1) is 17.5 Å². The first-order valence-corrected chi connectivity index (χ1v) is 6.57. The Morgan fingerprint density at radius 3 is 2.33 bits per heavy atom. The lowest BCUT2D eigenvalue weighted by Gasteiger charge is -2.29. The van der Waals surface area contributed by atoms with Gasteiger partial charge in [-0.05, 0) is 12.8 Å². The Kier molecular flexibility index (Phi) is 2.38. The number of carbonyl (C=O) groups excluding carboxylic acids is 2. The Bertz CT molecular complexity index is 419. The van der Waals surface area contributed by atoms with Crippen molar-refractivity contribution in [3.8, 4) is 0 Å². The summed E-state index contributed by atoms with van der Waals surface area (Å²) in [6.45, 7) is 0. The summed E-state index contributed by atoms with van der Waals surface area (Å²) in [5, 5.41) is 0. The van der Waals surface area contributed by atoms with Crippen LogP contribution in [0.3, 0.4) is 0 Å². The Balaban J connectivity index is 2.18. The highest BCUT2D eigenvalue weighted by molar-refractivity contribution is 7.91. The van der Waals surface area contributed by atoms with E-state index in [2.05, 4.69) is 0 Å². The molecule has 0 aromatic rings. The van der Waals surface area contributed by atoms with Gasteiger partial charge in [0, 0.05) is 12.2 Å². The van der Waals surface area contributed by atoms with Crippen LogP contribution in [-0.2, 0) is 19.4 Å². The zero-order chi connectivity index (χ0) is 11.1. The number of amides is 2. The molecule has 0 N–H and O–H groups in total. The van der Waals surface area contributed by atoms with Crippen LogP contribution in [0.2, 0.25) is 0 Å². The van der Waals surface area contributed by atoms with Crippen molar-refractivity contribution in [2.75, 3.05) is 11.5 Å².